The summed E-state index contributed by atoms with van der Waals surface area (Å²) in [6, 6.07) is 7.66. The van der Waals surface area contributed by atoms with Crippen LogP contribution in [0.15, 0.2) is 24.3 Å². The van der Waals surface area contributed by atoms with Crippen molar-refractivity contribution < 1.29 is 4.79 Å². The molecule has 0 bridgehead atoms. The minimum absolute atomic E-state index is 0.00159. The number of nitrogens with one attached hydrogen (secondary N) is 1. The Morgan fingerprint density at radius 1 is 1.42 bits per heavy atom. The van der Waals surface area contributed by atoms with Crippen molar-refractivity contribution in [2.75, 3.05) is 25.5 Å². The predicted octanol–water partition coefficient (Wildman–Crippen LogP) is 2.89. The summed E-state index contributed by atoms with van der Waals surface area (Å²) in [4.78, 5) is 14.1. The molecule has 1 fully saturated rings. The molecular weight excluding hydrogens is 260 g/mol. The number of hydrogen-bond donors (Lipinski definition) is 1. The van der Waals surface area contributed by atoms with E-state index in [2.05, 4.69) is 5.32 Å². The molecule has 1 saturated carbocycles. The molecule has 104 valence electrons. The average molecular weight is 281 g/mol. The average Bonchev–Trinajstić information content (AvgIpc) is 2.82. The van der Waals surface area contributed by atoms with E-state index in [1.807, 2.05) is 43.3 Å². The van der Waals surface area contributed by atoms with Gasteiger partial charge in [0.1, 0.15) is 0 Å². The van der Waals surface area contributed by atoms with E-state index in [9.17, 15) is 4.79 Å². The van der Waals surface area contributed by atoms with E-state index in [0.29, 0.717) is 16.9 Å². The van der Waals surface area contributed by atoms with Gasteiger partial charge in [-0.1, -0.05) is 6.07 Å². The molecule has 2 rings (SSSR count). The summed E-state index contributed by atoms with van der Waals surface area (Å²) in [5.41, 5.74) is 1.75. The Bertz CT molecular complexity index is 448. The summed E-state index contributed by atoms with van der Waals surface area (Å²) < 4.78 is 0. The van der Waals surface area contributed by atoms with Crippen LogP contribution in [0.2, 0.25) is 0 Å². The third-order valence-electron chi connectivity index (χ3n) is 3.65. The van der Waals surface area contributed by atoms with Gasteiger partial charge in [0, 0.05) is 37.3 Å². The molecule has 1 aromatic carbocycles. The zero-order valence-corrected chi connectivity index (χ0v) is 12.3. The molecule has 1 aromatic rings. The van der Waals surface area contributed by atoms with Crippen molar-refractivity contribution in [1.82, 2.24) is 5.32 Å². The largest absolute Gasteiger partial charge is 0.378 e. The van der Waals surface area contributed by atoms with Crippen LogP contribution in [-0.4, -0.2) is 31.9 Å². The van der Waals surface area contributed by atoms with Gasteiger partial charge in [-0.2, -0.15) is 0 Å². The van der Waals surface area contributed by atoms with E-state index in [1.54, 1.807) is 0 Å². The Labute approximate surface area is 119 Å². The first-order chi connectivity index (χ1) is 9.06. The molecule has 0 spiro atoms. The van der Waals surface area contributed by atoms with Crippen LogP contribution in [0.25, 0.3) is 0 Å². The van der Waals surface area contributed by atoms with E-state index >= 15 is 0 Å². The standard InChI is InChI=1S/C15H21ClN2O/c1-18(2)14-5-3-4-12(9-14)15(19)17-10-11-6-7-13(16)8-11/h3-5,9,11,13H,6-8,10H2,1-2H3,(H,17,19). The van der Waals surface area contributed by atoms with Crippen LogP contribution < -0.4 is 10.2 Å². The molecule has 0 radical (unpaired) electrons. The Morgan fingerprint density at radius 2 is 2.21 bits per heavy atom. The molecule has 1 aliphatic rings. The number of amides is 1. The molecule has 0 aromatic heterocycles. The van der Waals surface area contributed by atoms with Gasteiger partial charge in [0.15, 0.2) is 0 Å². The Balaban J connectivity index is 1.90. The first-order valence-electron chi connectivity index (χ1n) is 6.76. The quantitative estimate of drug-likeness (QED) is 0.860. The van der Waals surface area contributed by atoms with Crippen molar-refractivity contribution in [2.24, 2.45) is 5.92 Å². The highest BCUT2D eigenvalue weighted by Crippen LogP contribution is 2.28. The number of rotatable bonds is 4. The molecule has 2 atom stereocenters. The molecule has 1 N–H and O–H groups in total. The van der Waals surface area contributed by atoms with E-state index < -0.39 is 0 Å². The number of benzene rings is 1. The van der Waals surface area contributed by atoms with Crippen molar-refractivity contribution in [3.8, 4) is 0 Å². The summed E-state index contributed by atoms with van der Waals surface area (Å²) in [5, 5.41) is 3.30. The lowest BCUT2D eigenvalue weighted by atomic mass is 10.1. The Hall–Kier alpha value is -1.22. The van der Waals surface area contributed by atoms with Crippen molar-refractivity contribution in [3.05, 3.63) is 29.8 Å². The lowest BCUT2D eigenvalue weighted by Crippen LogP contribution is -2.28. The second-order valence-electron chi connectivity index (χ2n) is 5.43. The number of nitrogens with zero attached hydrogens (tertiary/aromatic N) is 1. The van der Waals surface area contributed by atoms with Gasteiger partial charge >= 0.3 is 0 Å². The van der Waals surface area contributed by atoms with Crippen LogP contribution in [0.1, 0.15) is 29.6 Å². The SMILES string of the molecule is CN(C)c1cccc(C(=O)NCC2CCC(Cl)C2)c1. The van der Waals surface area contributed by atoms with Gasteiger partial charge in [0.05, 0.1) is 0 Å². The fraction of sp³-hybridized carbons (Fsp3) is 0.533. The minimum Gasteiger partial charge on any atom is -0.378 e. The highest BCUT2D eigenvalue weighted by molar-refractivity contribution is 6.20. The highest BCUT2D eigenvalue weighted by atomic mass is 35.5. The van der Waals surface area contributed by atoms with Gasteiger partial charge < -0.3 is 10.2 Å². The first kappa shape index (κ1) is 14.2. The van der Waals surface area contributed by atoms with E-state index in [4.69, 9.17) is 11.6 Å². The number of halogens is 1. The molecule has 0 saturated heterocycles. The van der Waals surface area contributed by atoms with Gasteiger partial charge in [-0.3, -0.25) is 4.79 Å². The topological polar surface area (TPSA) is 32.3 Å². The molecule has 4 heteroatoms. The molecular formula is C15H21ClN2O. The monoisotopic (exact) mass is 280 g/mol. The molecule has 1 aliphatic carbocycles. The minimum atomic E-state index is 0.00159. The van der Waals surface area contributed by atoms with Crippen LogP contribution in [-0.2, 0) is 0 Å². The second-order valence-corrected chi connectivity index (χ2v) is 6.05. The zero-order chi connectivity index (χ0) is 13.8. The third kappa shape index (κ3) is 3.87. The molecule has 19 heavy (non-hydrogen) atoms. The molecule has 3 nitrogen and oxygen atoms in total. The third-order valence-corrected chi connectivity index (χ3v) is 4.05. The fourth-order valence-electron chi connectivity index (χ4n) is 2.46. The molecule has 1 amide bonds. The molecule has 2 unspecified atom stereocenters. The maximum Gasteiger partial charge on any atom is 0.251 e. The van der Waals surface area contributed by atoms with E-state index in [1.165, 1.54) is 0 Å². The van der Waals surface area contributed by atoms with Crippen molar-refractivity contribution >= 4 is 23.2 Å². The summed E-state index contributed by atoms with van der Waals surface area (Å²) in [6.45, 7) is 0.730. The number of carbonyl (C=O) groups excluding carboxylic acids is 1. The summed E-state index contributed by atoms with van der Waals surface area (Å²) in [7, 11) is 3.94. The lowest BCUT2D eigenvalue weighted by Gasteiger charge is -2.14. The Morgan fingerprint density at radius 3 is 2.84 bits per heavy atom. The highest BCUT2D eigenvalue weighted by Gasteiger charge is 2.23. The van der Waals surface area contributed by atoms with Crippen LogP contribution in [0, 0.1) is 5.92 Å². The van der Waals surface area contributed by atoms with Crippen LogP contribution in [0.3, 0.4) is 0 Å². The normalized spacial score (nSPS) is 22.3. The predicted molar refractivity (Wildman–Crippen MR) is 80.1 cm³/mol. The van der Waals surface area contributed by atoms with Gasteiger partial charge in [-0.15, -0.1) is 11.6 Å². The van der Waals surface area contributed by atoms with Gasteiger partial charge in [-0.25, -0.2) is 0 Å². The number of carbonyl (C=O) groups is 1. The van der Waals surface area contributed by atoms with Gasteiger partial charge in [0.25, 0.3) is 5.91 Å². The van der Waals surface area contributed by atoms with Crippen LogP contribution in [0.5, 0.6) is 0 Å². The van der Waals surface area contributed by atoms with Crippen LogP contribution >= 0.6 is 11.6 Å². The summed E-state index contributed by atoms with van der Waals surface area (Å²) in [6.07, 6.45) is 3.20. The first-order valence-corrected chi connectivity index (χ1v) is 7.19. The number of hydrogen-bond acceptors (Lipinski definition) is 2. The van der Waals surface area contributed by atoms with Crippen molar-refractivity contribution in [2.45, 2.75) is 24.6 Å². The van der Waals surface area contributed by atoms with Crippen molar-refractivity contribution in [3.63, 3.8) is 0 Å². The van der Waals surface area contributed by atoms with E-state index in [-0.39, 0.29) is 5.91 Å². The van der Waals surface area contributed by atoms with Gasteiger partial charge in [-0.05, 0) is 43.4 Å². The lowest BCUT2D eigenvalue weighted by molar-refractivity contribution is 0.0947. The summed E-state index contributed by atoms with van der Waals surface area (Å²) in [5.74, 6) is 0.533. The maximum atomic E-state index is 12.1. The fourth-order valence-corrected chi connectivity index (χ4v) is 2.84. The zero-order valence-electron chi connectivity index (χ0n) is 11.5. The summed E-state index contributed by atoms with van der Waals surface area (Å²) >= 11 is 6.08. The van der Waals surface area contributed by atoms with Crippen LogP contribution in [0.4, 0.5) is 5.69 Å². The van der Waals surface area contributed by atoms with Gasteiger partial charge in [0.2, 0.25) is 0 Å². The smallest absolute Gasteiger partial charge is 0.251 e. The van der Waals surface area contributed by atoms with E-state index in [0.717, 1.165) is 31.5 Å². The Kier molecular flexibility index (Phi) is 4.70. The maximum absolute atomic E-state index is 12.1. The molecule has 0 aliphatic heterocycles. The van der Waals surface area contributed by atoms with Crippen molar-refractivity contribution in [1.29, 1.82) is 0 Å². The number of alkyl halides is 1. The number of anilines is 1. The second kappa shape index (κ2) is 6.29. The molecule has 0 heterocycles.